The molecule has 0 aliphatic heterocycles. The minimum absolute atomic E-state index is 0.148. The number of nitrogens with two attached hydrogens (primary N) is 1. The maximum absolute atomic E-state index is 13.9. The lowest BCUT2D eigenvalue weighted by molar-refractivity contribution is 0.410. The zero-order chi connectivity index (χ0) is 13.7. The third-order valence-corrected chi connectivity index (χ3v) is 3.94. The Hall–Kier alpha value is -1.67. The van der Waals surface area contributed by atoms with Crippen LogP contribution in [0.5, 0.6) is 0 Å². The van der Waals surface area contributed by atoms with Gasteiger partial charge in [0, 0.05) is 12.0 Å². The van der Waals surface area contributed by atoms with E-state index in [1.807, 2.05) is 30.3 Å². The van der Waals surface area contributed by atoms with E-state index in [4.69, 9.17) is 5.73 Å². The molecule has 0 aliphatic carbocycles. The van der Waals surface area contributed by atoms with Gasteiger partial charge in [0.05, 0.1) is 0 Å². The first-order valence-electron chi connectivity index (χ1n) is 6.71. The zero-order valence-corrected chi connectivity index (χ0v) is 11.3. The van der Waals surface area contributed by atoms with E-state index in [2.05, 4.69) is 19.1 Å². The molecule has 0 amide bonds. The van der Waals surface area contributed by atoms with Crippen molar-refractivity contribution in [1.29, 1.82) is 0 Å². The van der Waals surface area contributed by atoms with Crippen molar-refractivity contribution in [2.45, 2.75) is 25.2 Å². The second-order valence-electron chi connectivity index (χ2n) is 4.97. The summed E-state index contributed by atoms with van der Waals surface area (Å²) in [6, 6.07) is 17.1. The van der Waals surface area contributed by atoms with Gasteiger partial charge in [-0.1, -0.05) is 55.5 Å². The number of hydrogen-bond acceptors (Lipinski definition) is 1. The van der Waals surface area contributed by atoms with Crippen LogP contribution in [0.15, 0.2) is 54.6 Å². The zero-order valence-electron chi connectivity index (χ0n) is 11.3. The summed E-state index contributed by atoms with van der Waals surface area (Å²) in [7, 11) is 0. The molecule has 0 saturated heterocycles. The van der Waals surface area contributed by atoms with Gasteiger partial charge in [0.2, 0.25) is 0 Å². The van der Waals surface area contributed by atoms with E-state index in [-0.39, 0.29) is 11.2 Å². The number of halogens is 1. The quantitative estimate of drug-likeness (QED) is 0.869. The van der Waals surface area contributed by atoms with Crippen molar-refractivity contribution < 1.29 is 4.39 Å². The largest absolute Gasteiger partial charge is 0.330 e. The first kappa shape index (κ1) is 13.8. The van der Waals surface area contributed by atoms with Crippen LogP contribution in [0, 0.1) is 5.82 Å². The molecule has 0 radical (unpaired) electrons. The Labute approximate surface area is 114 Å². The molecule has 0 bridgehead atoms. The summed E-state index contributed by atoms with van der Waals surface area (Å²) in [5.41, 5.74) is 7.75. The van der Waals surface area contributed by atoms with Crippen LogP contribution in [0.2, 0.25) is 0 Å². The second kappa shape index (κ2) is 5.98. The van der Waals surface area contributed by atoms with Crippen molar-refractivity contribution in [1.82, 2.24) is 0 Å². The second-order valence-corrected chi connectivity index (χ2v) is 4.97. The Morgan fingerprint density at radius 3 is 2.21 bits per heavy atom. The Kier molecular flexibility index (Phi) is 4.33. The molecule has 2 heteroatoms. The summed E-state index contributed by atoms with van der Waals surface area (Å²) in [5, 5.41) is 0. The maximum Gasteiger partial charge on any atom is 0.126 e. The summed E-state index contributed by atoms with van der Waals surface area (Å²) < 4.78 is 13.9. The SMILES string of the molecule is CCC(CN)(Cc1ccccc1F)c1ccccc1. The highest BCUT2D eigenvalue weighted by Gasteiger charge is 2.29. The summed E-state index contributed by atoms with van der Waals surface area (Å²) >= 11 is 0. The third-order valence-electron chi connectivity index (χ3n) is 3.94. The molecule has 1 atom stereocenters. The fraction of sp³-hybridized carbons (Fsp3) is 0.294. The van der Waals surface area contributed by atoms with Crippen LogP contribution in [0.3, 0.4) is 0 Å². The van der Waals surface area contributed by atoms with Crippen LogP contribution < -0.4 is 5.73 Å². The number of rotatable bonds is 5. The van der Waals surface area contributed by atoms with Crippen LogP contribution >= 0.6 is 0 Å². The first-order valence-corrected chi connectivity index (χ1v) is 6.71. The van der Waals surface area contributed by atoms with Gasteiger partial charge in [-0.3, -0.25) is 0 Å². The Balaban J connectivity index is 2.38. The molecule has 100 valence electrons. The van der Waals surface area contributed by atoms with Gasteiger partial charge in [-0.05, 0) is 30.0 Å². The highest BCUT2D eigenvalue weighted by atomic mass is 19.1. The molecule has 2 rings (SSSR count). The van der Waals surface area contributed by atoms with Crippen molar-refractivity contribution >= 4 is 0 Å². The van der Waals surface area contributed by atoms with Crippen LogP contribution in [0.1, 0.15) is 24.5 Å². The highest BCUT2D eigenvalue weighted by Crippen LogP contribution is 2.31. The predicted octanol–water partition coefficient (Wildman–Crippen LogP) is 3.67. The summed E-state index contributed by atoms with van der Waals surface area (Å²) in [5.74, 6) is -0.148. The standard InChI is InChI=1S/C17H20FN/c1-2-17(13-19,15-9-4-3-5-10-15)12-14-8-6-7-11-16(14)18/h3-11H,2,12-13,19H2,1H3. The van der Waals surface area contributed by atoms with Crippen LogP contribution in [0.4, 0.5) is 4.39 Å². The first-order chi connectivity index (χ1) is 9.22. The van der Waals surface area contributed by atoms with Gasteiger partial charge >= 0.3 is 0 Å². The average Bonchev–Trinajstić information content (AvgIpc) is 2.48. The van der Waals surface area contributed by atoms with E-state index in [0.717, 1.165) is 12.0 Å². The lowest BCUT2D eigenvalue weighted by atomic mass is 9.73. The highest BCUT2D eigenvalue weighted by molar-refractivity contribution is 5.30. The van der Waals surface area contributed by atoms with Gasteiger partial charge in [0.25, 0.3) is 0 Å². The molecule has 0 heterocycles. The van der Waals surface area contributed by atoms with E-state index in [1.54, 1.807) is 6.07 Å². The van der Waals surface area contributed by atoms with E-state index >= 15 is 0 Å². The van der Waals surface area contributed by atoms with Gasteiger partial charge in [0.15, 0.2) is 0 Å². The molecule has 1 unspecified atom stereocenters. The molecule has 19 heavy (non-hydrogen) atoms. The molecule has 2 aromatic rings. The minimum atomic E-state index is -0.191. The van der Waals surface area contributed by atoms with Crippen molar-refractivity contribution in [3.05, 3.63) is 71.5 Å². The van der Waals surface area contributed by atoms with Crippen LogP contribution in [0.25, 0.3) is 0 Å². The molecule has 2 N–H and O–H groups in total. The van der Waals surface area contributed by atoms with E-state index in [0.29, 0.717) is 13.0 Å². The molecule has 0 aliphatic rings. The molecule has 0 saturated carbocycles. The fourth-order valence-corrected chi connectivity index (χ4v) is 2.56. The van der Waals surface area contributed by atoms with Gasteiger partial charge in [0.1, 0.15) is 5.82 Å². The minimum Gasteiger partial charge on any atom is -0.330 e. The molecule has 2 aromatic carbocycles. The maximum atomic E-state index is 13.9. The topological polar surface area (TPSA) is 26.0 Å². The molecule has 0 spiro atoms. The van der Waals surface area contributed by atoms with Crippen molar-refractivity contribution in [2.24, 2.45) is 5.73 Å². The summed E-state index contributed by atoms with van der Waals surface area (Å²) in [6.07, 6.45) is 1.53. The summed E-state index contributed by atoms with van der Waals surface area (Å²) in [4.78, 5) is 0. The van der Waals surface area contributed by atoms with Crippen LogP contribution in [-0.2, 0) is 11.8 Å². The Morgan fingerprint density at radius 1 is 1.00 bits per heavy atom. The lowest BCUT2D eigenvalue weighted by Crippen LogP contribution is -2.37. The fourth-order valence-electron chi connectivity index (χ4n) is 2.56. The van der Waals surface area contributed by atoms with Gasteiger partial charge in [-0.2, -0.15) is 0 Å². The van der Waals surface area contributed by atoms with E-state index in [9.17, 15) is 4.39 Å². The number of benzene rings is 2. The Bertz CT molecular complexity index is 518. The molecule has 0 fully saturated rings. The monoisotopic (exact) mass is 257 g/mol. The Morgan fingerprint density at radius 2 is 1.63 bits per heavy atom. The molecular weight excluding hydrogens is 237 g/mol. The van der Waals surface area contributed by atoms with Crippen molar-refractivity contribution in [3.8, 4) is 0 Å². The molecule has 0 aromatic heterocycles. The third kappa shape index (κ3) is 2.85. The van der Waals surface area contributed by atoms with Crippen molar-refractivity contribution in [2.75, 3.05) is 6.54 Å². The lowest BCUT2D eigenvalue weighted by Gasteiger charge is -2.32. The van der Waals surface area contributed by atoms with Gasteiger partial charge < -0.3 is 5.73 Å². The van der Waals surface area contributed by atoms with Gasteiger partial charge in [-0.25, -0.2) is 4.39 Å². The molecular formula is C17H20FN. The summed E-state index contributed by atoms with van der Waals surface area (Å²) in [6.45, 7) is 2.63. The van der Waals surface area contributed by atoms with Gasteiger partial charge in [-0.15, -0.1) is 0 Å². The molecule has 1 nitrogen and oxygen atoms in total. The van der Waals surface area contributed by atoms with Crippen molar-refractivity contribution in [3.63, 3.8) is 0 Å². The van der Waals surface area contributed by atoms with E-state index in [1.165, 1.54) is 11.6 Å². The van der Waals surface area contributed by atoms with Crippen LogP contribution in [-0.4, -0.2) is 6.54 Å². The smallest absolute Gasteiger partial charge is 0.126 e. The predicted molar refractivity (Wildman–Crippen MR) is 77.6 cm³/mol. The average molecular weight is 257 g/mol. The number of hydrogen-bond donors (Lipinski definition) is 1. The van der Waals surface area contributed by atoms with E-state index < -0.39 is 0 Å². The normalized spacial score (nSPS) is 14.1.